The van der Waals surface area contributed by atoms with Gasteiger partial charge in [-0.05, 0) is 42.3 Å². The number of benzene rings is 2. The molecule has 1 amide bonds. The summed E-state index contributed by atoms with van der Waals surface area (Å²) in [7, 11) is 2.87. The molecule has 0 spiro atoms. The van der Waals surface area contributed by atoms with Gasteiger partial charge in [-0.2, -0.15) is 0 Å². The van der Waals surface area contributed by atoms with Gasteiger partial charge in [-0.25, -0.2) is 22.4 Å². The molecule has 3 atom stereocenters. The van der Waals surface area contributed by atoms with Gasteiger partial charge in [0.25, 0.3) is 0 Å². The van der Waals surface area contributed by atoms with E-state index in [1.165, 1.54) is 23.5 Å². The summed E-state index contributed by atoms with van der Waals surface area (Å²) in [5.74, 6) is -1.42. The lowest BCUT2D eigenvalue weighted by atomic mass is 9.98. The van der Waals surface area contributed by atoms with Crippen LogP contribution in [-0.4, -0.2) is 40.6 Å². The minimum atomic E-state index is -1.60. The second-order valence-electron chi connectivity index (χ2n) is 6.45. The molecule has 1 aliphatic rings. The Bertz CT molecular complexity index is 957. The zero-order chi connectivity index (χ0) is 21.1. The highest BCUT2D eigenvalue weighted by Gasteiger charge is 2.36. The third-order valence-electron chi connectivity index (χ3n) is 4.63. The van der Waals surface area contributed by atoms with Crippen LogP contribution in [0, 0.1) is 5.82 Å². The van der Waals surface area contributed by atoms with Gasteiger partial charge in [0.05, 0.1) is 17.7 Å². The zero-order valence-corrected chi connectivity index (χ0v) is 17.2. The Labute approximate surface area is 174 Å². The Kier molecular flexibility index (Phi) is 6.63. The average Bonchev–Trinajstić information content (AvgIpc) is 2.72. The van der Waals surface area contributed by atoms with E-state index in [0.717, 1.165) is 11.6 Å². The molecule has 2 aromatic carbocycles. The number of nitrogens with zero attached hydrogens (tertiary/aromatic N) is 1. The van der Waals surface area contributed by atoms with Gasteiger partial charge < -0.3 is 10.1 Å². The van der Waals surface area contributed by atoms with Crippen LogP contribution >= 0.6 is 11.6 Å². The molecule has 0 bridgehead atoms. The topological polar surface area (TPSA) is 87.7 Å². The standard InChI is InChI=1S/C19H19ClFN3O4S/c1-24-17(18(25)22-13-7-8-15(21)14(20)9-13)10-16(23-29(24)27)11-3-5-12(6-4-11)19(26)28-2/h3-9,16-17,23H,10H2,1-2H3,(H,22,25). The first-order valence-corrected chi connectivity index (χ1v) is 10.1. The van der Waals surface area contributed by atoms with E-state index in [1.54, 1.807) is 31.3 Å². The van der Waals surface area contributed by atoms with E-state index >= 15 is 0 Å². The number of amides is 1. The summed E-state index contributed by atoms with van der Waals surface area (Å²) < 4.78 is 34.8. The van der Waals surface area contributed by atoms with Gasteiger partial charge in [0, 0.05) is 18.8 Å². The van der Waals surface area contributed by atoms with Gasteiger partial charge in [0.15, 0.2) is 11.2 Å². The van der Waals surface area contributed by atoms with Gasteiger partial charge >= 0.3 is 5.97 Å². The van der Waals surface area contributed by atoms with Crippen molar-refractivity contribution in [1.29, 1.82) is 0 Å². The highest BCUT2D eigenvalue weighted by atomic mass is 35.5. The molecule has 2 aromatic rings. The van der Waals surface area contributed by atoms with Crippen molar-refractivity contribution in [2.75, 3.05) is 19.5 Å². The van der Waals surface area contributed by atoms with Crippen molar-refractivity contribution in [3.8, 4) is 0 Å². The van der Waals surface area contributed by atoms with Crippen molar-refractivity contribution in [3.05, 3.63) is 64.4 Å². The Morgan fingerprint density at radius 1 is 1.28 bits per heavy atom. The quantitative estimate of drug-likeness (QED) is 0.717. The molecule has 0 aromatic heterocycles. The van der Waals surface area contributed by atoms with Crippen LogP contribution in [0.15, 0.2) is 42.5 Å². The molecule has 1 fully saturated rings. The number of carbonyl (C=O) groups excluding carboxylic acids is 2. The van der Waals surface area contributed by atoms with Crippen molar-refractivity contribution in [3.63, 3.8) is 0 Å². The lowest BCUT2D eigenvalue weighted by Gasteiger charge is -2.35. The maximum absolute atomic E-state index is 13.3. The second kappa shape index (κ2) is 9.00. The number of anilines is 1. The van der Waals surface area contributed by atoms with Crippen molar-refractivity contribution in [2.24, 2.45) is 0 Å². The van der Waals surface area contributed by atoms with Gasteiger partial charge in [-0.1, -0.05) is 23.7 Å². The molecule has 7 nitrogen and oxygen atoms in total. The number of likely N-dealkylation sites (N-methyl/N-ethyl adjacent to an activating group) is 1. The highest BCUT2D eigenvalue weighted by molar-refractivity contribution is 7.80. The van der Waals surface area contributed by atoms with Crippen LogP contribution in [0.25, 0.3) is 0 Å². The molecule has 0 aliphatic carbocycles. The van der Waals surface area contributed by atoms with Crippen molar-refractivity contribution in [2.45, 2.75) is 18.5 Å². The molecule has 3 rings (SSSR count). The van der Waals surface area contributed by atoms with E-state index in [1.807, 2.05) is 0 Å². The molecule has 1 saturated heterocycles. The Morgan fingerprint density at radius 2 is 1.97 bits per heavy atom. The summed E-state index contributed by atoms with van der Waals surface area (Å²) in [6.45, 7) is 0. The van der Waals surface area contributed by atoms with Gasteiger partial charge in [-0.3, -0.25) is 4.79 Å². The molecule has 154 valence electrons. The van der Waals surface area contributed by atoms with Gasteiger partial charge in [0.2, 0.25) is 5.91 Å². The number of nitrogens with one attached hydrogen (secondary N) is 2. The zero-order valence-electron chi connectivity index (χ0n) is 15.6. The first-order valence-electron chi connectivity index (χ1n) is 8.65. The average molecular weight is 440 g/mol. The van der Waals surface area contributed by atoms with E-state index in [-0.39, 0.29) is 17.0 Å². The van der Waals surface area contributed by atoms with E-state index in [0.29, 0.717) is 17.7 Å². The fraction of sp³-hybridized carbons (Fsp3) is 0.263. The van der Waals surface area contributed by atoms with E-state index in [9.17, 15) is 18.2 Å². The predicted molar refractivity (Wildman–Crippen MR) is 108 cm³/mol. The van der Waals surface area contributed by atoms with Crippen molar-refractivity contribution in [1.82, 2.24) is 9.03 Å². The summed E-state index contributed by atoms with van der Waals surface area (Å²) >= 11 is 4.15. The van der Waals surface area contributed by atoms with Crippen molar-refractivity contribution >= 4 is 40.3 Å². The number of ether oxygens (including phenoxy) is 1. The molecule has 10 heteroatoms. The minimum absolute atomic E-state index is 0.103. The molecule has 29 heavy (non-hydrogen) atoms. The molecular weight excluding hydrogens is 421 g/mol. The van der Waals surface area contributed by atoms with Crippen molar-refractivity contribution < 1.29 is 22.9 Å². The monoisotopic (exact) mass is 439 g/mol. The SMILES string of the molecule is COC(=O)c1ccc(C2CC(C(=O)Nc3ccc(F)c(Cl)c3)N(C)S(=O)N2)cc1. The first-order chi connectivity index (χ1) is 13.8. The van der Waals surface area contributed by atoms with Crippen LogP contribution in [0.1, 0.15) is 28.4 Å². The smallest absolute Gasteiger partial charge is 0.337 e. The summed E-state index contributed by atoms with van der Waals surface area (Å²) in [6, 6.07) is 9.48. The second-order valence-corrected chi connectivity index (χ2v) is 8.17. The molecule has 0 radical (unpaired) electrons. The summed E-state index contributed by atoms with van der Waals surface area (Å²) in [5, 5.41) is 2.58. The number of esters is 1. The minimum Gasteiger partial charge on any atom is -0.465 e. The van der Waals surface area contributed by atoms with Gasteiger partial charge in [0.1, 0.15) is 11.9 Å². The lowest BCUT2D eigenvalue weighted by Crippen LogP contribution is -2.53. The maximum Gasteiger partial charge on any atom is 0.337 e. The fourth-order valence-electron chi connectivity index (χ4n) is 2.99. The van der Waals surface area contributed by atoms with Crippen LogP contribution in [-0.2, 0) is 20.7 Å². The highest BCUT2D eigenvalue weighted by Crippen LogP contribution is 2.28. The van der Waals surface area contributed by atoms with E-state index in [4.69, 9.17) is 11.6 Å². The van der Waals surface area contributed by atoms with E-state index < -0.39 is 29.0 Å². The number of rotatable bonds is 4. The number of hydrogen-bond donors (Lipinski definition) is 2. The first kappa shape index (κ1) is 21.4. The predicted octanol–water partition coefficient (Wildman–Crippen LogP) is 2.82. The van der Waals surface area contributed by atoms with Crippen LogP contribution in [0.2, 0.25) is 5.02 Å². The number of hydrogen-bond acceptors (Lipinski definition) is 4. The largest absolute Gasteiger partial charge is 0.465 e. The molecule has 3 unspecified atom stereocenters. The summed E-state index contributed by atoms with van der Waals surface area (Å²) in [5.41, 5.74) is 1.52. The summed E-state index contributed by atoms with van der Waals surface area (Å²) in [4.78, 5) is 24.3. The van der Waals surface area contributed by atoms with Gasteiger partial charge in [-0.15, -0.1) is 0 Å². The maximum atomic E-state index is 13.3. The molecular formula is C19H19ClFN3O4S. The Balaban J connectivity index is 1.76. The molecule has 0 saturated carbocycles. The van der Waals surface area contributed by atoms with Crippen LogP contribution < -0.4 is 10.0 Å². The Morgan fingerprint density at radius 3 is 2.59 bits per heavy atom. The molecule has 2 N–H and O–H groups in total. The normalized spacial score (nSPS) is 22.1. The van der Waals surface area contributed by atoms with Crippen LogP contribution in [0.5, 0.6) is 0 Å². The third kappa shape index (κ3) is 4.81. The van der Waals surface area contributed by atoms with Crippen LogP contribution in [0.4, 0.5) is 10.1 Å². The van der Waals surface area contributed by atoms with Crippen LogP contribution in [0.3, 0.4) is 0 Å². The fourth-order valence-corrected chi connectivity index (χ4v) is 4.22. The number of methoxy groups -OCH3 is 1. The molecule has 1 aliphatic heterocycles. The third-order valence-corrected chi connectivity index (χ3v) is 6.18. The number of halogens is 2. The summed E-state index contributed by atoms with van der Waals surface area (Å²) in [6.07, 6.45) is 0.334. The van der Waals surface area contributed by atoms with E-state index in [2.05, 4.69) is 14.8 Å². The Hall–Kier alpha value is -2.33. The lowest BCUT2D eigenvalue weighted by molar-refractivity contribution is -0.120. The number of carbonyl (C=O) groups is 2. The molecule has 1 heterocycles.